The van der Waals surface area contributed by atoms with Crippen molar-refractivity contribution in [3.8, 4) is 84.6 Å². The van der Waals surface area contributed by atoms with Gasteiger partial charge >= 0.3 is 17.1 Å². The van der Waals surface area contributed by atoms with E-state index in [0.717, 1.165) is 43.8 Å². The van der Waals surface area contributed by atoms with Crippen LogP contribution < -0.4 is 19.1 Å². The molecule has 9 nitrogen and oxygen atoms in total. The van der Waals surface area contributed by atoms with Crippen LogP contribution in [0.4, 0.5) is 0 Å². The topological polar surface area (TPSA) is 92.5 Å². The van der Waals surface area contributed by atoms with E-state index in [0.29, 0.717) is 45.9 Å². The van der Waals surface area contributed by atoms with Gasteiger partial charge in [0, 0.05) is 56.3 Å². The third kappa shape index (κ3) is 8.30. The number of fused-ring (bicyclic) bond motifs is 25. The molecule has 0 fully saturated rings. The fourth-order valence-corrected chi connectivity index (χ4v) is 13.1. The van der Waals surface area contributed by atoms with E-state index in [4.69, 9.17) is 29.9 Å². The maximum absolute atomic E-state index is 5.08. The Bertz CT molecular complexity index is 5280. The number of hydrogen-bond donors (Lipinski definition) is 0. The van der Waals surface area contributed by atoms with E-state index in [2.05, 4.69) is 195 Å². The quantitative estimate of drug-likeness (QED) is 0.0754. The van der Waals surface area contributed by atoms with Crippen molar-refractivity contribution in [2.45, 2.75) is 0 Å². The Balaban J connectivity index is 0.000000141. The number of nitrogens with zero attached hydrogens (tertiary/aromatic N) is 9. The number of rotatable bonds is 4. The summed E-state index contributed by atoms with van der Waals surface area (Å²) in [6.45, 7) is 0. The van der Waals surface area contributed by atoms with Crippen LogP contribution in [0.3, 0.4) is 0 Å². The molecule has 0 aliphatic carbocycles. The van der Waals surface area contributed by atoms with Gasteiger partial charge in [-0.1, -0.05) is 257 Å². The Morgan fingerprint density at radius 3 is 1.00 bits per heavy atom. The second-order valence-corrected chi connectivity index (χ2v) is 22.0. The maximum atomic E-state index is 5.08. The van der Waals surface area contributed by atoms with E-state index in [-0.39, 0.29) is 17.1 Å². The van der Waals surface area contributed by atoms with Crippen molar-refractivity contribution in [3.63, 3.8) is 0 Å². The Hall–Kier alpha value is -11.4. The molecule has 8 bridgehead atoms. The Morgan fingerprint density at radius 1 is 0.273 bits per heavy atom. The summed E-state index contributed by atoms with van der Waals surface area (Å²) in [5.41, 5.74) is 17.0. The molecule has 0 atom stereocenters. The van der Waals surface area contributed by atoms with Crippen molar-refractivity contribution < 1.29 is 26.2 Å². The summed E-state index contributed by atoms with van der Waals surface area (Å²) < 4.78 is 5.89. The van der Waals surface area contributed by atoms with Crippen molar-refractivity contribution in [1.29, 1.82) is 0 Å². The molecular formula is C78H49CuN9. The first kappa shape index (κ1) is 52.2. The standard InChI is InChI=1S/C44H29N.C34H20N8.Cu/c1-3-13-31(14-4-1)43-36-18-7-9-20-38(36)44(39-21-10-8-19-37(39)43)32-25-23-30(24-26-32)33-27-28-42-40(29-33)35-17-11-12-22-41(35)45(42)34-15-5-2-6-16-34;1-41-31-23-15-7-8-16-24(23)32(41)38-28-20-12-4-6-14-22(20)30(36-28)40-34-26-18-10-9-17-25(26)33(42(34)2)39-29-21-13-5-3-11-19(21)27(35-29)37-31;/h1-29H;3-18H,1-2H2;/q;-2;+2. The van der Waals surface area contributed by atoms with Crippen LogP contribution in [0.25, 0.3) is 172 Å². The molecule has 6 heterocycles. The fraction of sp³-hybridized carbons (Fsp3) is 0. The number of aromatic nitrogens is 9. The first-order valence-corrected chi connectivity index (χ1v) is 29.1. The van der Waals surface area contributed by atoms with Gasteiger partial charge in [-0.05, 0) is 124 Å². The second-order valence-electron chi connectivity index (χ2n) is 22.0. The summed E-state index contributed by atoms with van der Waals surface area (Å²) in [5.74, 6) is 2.61. The van der Waals surface area contributed by atoms with Gasteiger partial charge in [0.1, 0.15) is 0 Å². The van der Waals surface area contributed by atoms with E-state index in [1.54, 1.807) is 9.13 Å². The molecule has 12 aromatic carbocycles. The van der Waals surface area contributed by atoms with Crippen LogP contribution in [-0.4, -0.2) is 24.5 Å². The van der Waals surface area contributed by atoms with Crippen LogP contribution >= 0.6 is 0 Å². The van der Waals surface area contributed by atoms with E-state index < -0.39 is 0 Å². The van der Waals surface area contributed by atoms with E-state index in [1.807, 2.05) is 97.1 Å². The summed E-state index contributed by atoms with van der Waals surface area (Å²) in [6.07, 6.45) is 0. The van der Waals surface area contributed by atoms with Crippen LogP contribution in [0, 0.1) is 14.1 Å². The Morgan fingerprint density at radius 2 is 0.580 bits per heavy atom. The molecule has 0 N–H and O–H groups in total. The SMILES string of the molecule is [CH2-][n+]1c2nc3[n-]c(nc4[n+]([CH2-])c(nc5[n-]c(nc1-c1ccccc1-2)c1ccccc51)-c1ccccc1-4)c1ccccc31.[Cu+2].c1ccc(-c2c3ccccc3c(-c3ccc(-c4ccc5c(c4)c4ccccc4n5-c4ccccc4)cc3)c3ccccc23)cc1. The third-order valence-corrected chi connectivity index (χ3v) is 17.1. The molecular weight excluding hydrogens is 1130 g/mol. The Labute approximate surface area is 516 Å². The van der Waals surface area contributed by atoms with Gasteiger partial charge in [0.05, 0.1) is 11.0 Å². The second kappa shape index (κ2) is 21.0. The van der Waals surface area contributed by atoms with E-state index in [9.17, 15) is 0 Å². The molecule has 2 aliphatic rings. The summed E-state index contributed by atoms with van der Waals surface area (Å²) >= 11 is 0. The molecule has 0 spiro atoms. The van der Waals surface area contributed by atoms with Crippen molar-refractivity contribution >= 4 is 87.5 Å². The minimum Gasteiger partial charge on any atom is -0.419 e. The van der Waals surface area contributed by atoms with Crippen LogP contribution in [0.1, 0.15) is 0 Å². The maximum Gasteiger partial charge on any atom is 2.00 e. The van der Waals surface area contributed by atoms with Crippen molar-refractivity contribution in [2.75, 3.05) is 0 Å². The van der Waals surface area contributed by atoms with E-state index >= 15 is 0 Å². The van der Waals surface area contributed by atoms with Gasteiger partial charge in [-0.2, -0.15) is 4.98 Å². The van der Waals surface area contributed by atoms with Crippen LogP contribution in [0.2, 0.25) is 0 Å². The average molecular weight is 1180 g/mol. The molecule has 1 radical (unpaired) electrons. The first-order chi connectivity index (χ1) is 43.0. The molecule has 0 unspecified atom stereocenters. The molecule has 417 valence electrons. The monoisotopic (exact) mass is 1170 g/mol. The van der Waals surface area contributed by atoms with Crippen molar-refractivity contribution in [2.24, 2.45) is 0 Å². The molecule has 2 aliphatic heterocycles. The van der Waals surface area contributed by atoms with Crippen LogP contribution in [0.15, 0.2) is 273 Å². The van der Waals surface area contributed by atoms with Gasteiger partial charge in [-0.25, -0.2) is 0 Å². The smallest absolute Gasteiger partial charge is 0.419 e. The molecule has 0 amide bonds. The molecule has 0 saturated heterocycles. The fourth-order valence-electron chi connectivity index (χ4n) is 13.1. The van der Waals surface area contributed by atoms with Crippen LogP contribution in [-0.2, 0) is 17.1 Å². The number of hydrogen-bond acceptors (Lipinski definition) is 4. The molecule has 88 heavy (non-hydrogen) atoms. The van der Waals surface area contributed by atoms with Gasteiger partial charge in [0.2, 0.25) is 0 Å². The van der Waals surface area contributed by atoms with Gasteiger partial charge in [0.25, 0.3) is 0 Å². The minimum atomic E-state index is 0. The first-order valence-electron chi connectivity index (χ1n) is 29.1. The molecule has 18 rings (SSSR count). The zero-order valence-corrected chi connectivity index (χ0v) is 48.2. The van der Waals surface area contributed by atoms with Gasteiger partial charge < -0.3 is 38.6 Å². The third-order valence-electron chi connectivity index (χ3n) is 17.1. The summed E-state index contributed by atoms with van der Waals surface area (Å²) in [6, 6.07) is 95.9. The number of benzene rings is 12. The zero-order chi connectivity index (χ0) is 57.7. The largest absolute Gasteiger partial charge is 2.00 e. The molecule has 0 saturated carbocycles. The zero-order valence-electron chi connectivity index (χ0n) is 47.2. The van der Waals surface area contributed by atoms with E-state index in [1.165, 1.54) is 82.4 Å². The molecule has 10 heteroatoms. The molecule has 16 aromatic rings. The minimum absolute atomic E-state index is 0. The normalized spacial score (nSPS) is 11.6. The summed E-state index contributed by atoms with van der Waals surface area (Å²) in [7, 11) is 8.73. The Kier molecular flexibility index (Phi) is 12.4. The van der Waals surface area contributed by atoms with Gasteiger partial charge in [-0.15, -0.1) is 0 Å². The van der Waals surface area contributed by atoms with Gasteiger partial charge in [-0.3, -0.25) is 0 Å². The predicted octanol–water partition coefficient (Wildman–Crippen LogP) is 17.3. The summed E-state index contributed by atoms with van der Waals surface area (Å²) in [4.78, 5) is 30.2. The van der Waals surface area contributed by atoms with Gasteiger partial charge in [0.15, 0.2) is 11.5 Å². The van der Waals surface area contributed by atoms with Crippen molar-refractivity contribution in [3.05, 3.63) is 287 Å². The predicted molar refractivity (Wildman–Crippen MR) is 352 cm³/mol. The van der Waals surface area contributed by atoms with Crippen molar-refractivity contribution in [1.82, 2.24) is 34.5 Å². The average Bonchev–Trinajstić information content (AvgIpc) is 2.75. The number of para-hydroxylation sites is 2. The molecule has 4 aromatic heterocycles. The summed E-state index contributed by atoms with van der Waals surface area (Å²) in [5, 5.41) is 11.2. The van der Waals surface area contributed by atoms with Crippen LogP contribution in [0.5, 0.6) is 0 Å².